The van der Waals surface area contributed by atoms with Crippen molar-refractivity contribution in [3.63, 3.8) is 0 Å². The molecule has 0 atom stereocenters. The van der Waals surface area contributed by atoms with E-state index in [0.717, 1.165) is 5.56 Å². The topological polar surface area (TPSA) is 131 Å². The number of aromatic nitrogens is 6. The van der Waals surface area contributed by atoms with Crippen molar-refractivity contribution in [2.45, 2.75) is 13.5 Å². The molecule has 0 saturated carbocycles. The van der Waals surface area contributed by atoms with E-state index in [1.165, 1.54) is 18.3 Å². The Labute approximate surface area is 145 Å². The number of amides is 1. The number of nitrogens with zero attached hydrogens (tertiary/aromatic N) is 5. The molecule has 0 aliphatic carbocycles. The van der Waals surface area contributed by atoms with Crippen molar-refractivity contribution in [3.8, 4) is 11.5 Å². The summed E-state index contributed by atoms with van der Waals surface area (Å²) in [7, 11) is 0. The van der Waals surface area contributed by atoms with Crippen molar-refractivity contribution >= 4 is 11.6 Å². The van der Waals surface area contributed by atoms with Gasteiger partial charge < -0.3 is 14.8 Å². The number of rotatable bonds is 4. The van der Waals surface area contributed by atoms with Crippen LogP contribution in [0.3, 0.4) is 0 Å². The first kappa shape index (κ1) is 15.7. The Morgan fingerprint density at radius 1 is 1.31 bits per heavy atom. The minimum atomic E-state index is -0.323. The molecule has 4 rings (SSSR count). The predicted octanol–water partition coefficient (Wildman–Crippen LogP) is 0.706. The first-order valence-corrected chi connectivity index (χ1v) is 7.71. The molecule has 10 nitrogen and oxygen atoms in total. The van der Waals surface area contributed by atoms with Crippen molar-refractivity contribution in [2.75, 3.05) is 0 Å². The van der Waals surface area contributed by atoms with Crippen LogP contribution in [0.15, 0.2) is 46.0 Å². The molecule has 4 aromatic heterocycles. The van der Waals surface area contributed by atoms with Crippen LogP contribution >= 0.6 is 0 Å². The number of fused-ring (bicyclic) bond motifs is 1. The number of carbonyl (C=O) groups excluding carboxylic acids is 1. The monoisotopic (exact) mass is 351 g/mol. The van der Waals surface area contributed by atoms with Crippen LogP contribution in [-0.4, -0.2) is 35.6 Å². The van der Waals surface area contributed by atoms with Crippen LogP contribution in [0.1, 0.15) is 22.0 Å². The SMILES string of the molecule is Cc1noc(-c2ccn3c(CNC(=O)c4ccc(=O)[nH]c4)nnc3c2)n1. The van der Waals surface area contributed by atoms with Gasteiger partial charge in [0.15, 0.2) is 17.3 Å². The summed E-state index contributed by atoms with van der Waals surface area (Å²) in [6.07, 6.45) is 3.13. The van der Waals surface area contributed by atoms with E-state index in [0.29, 0.717) is 28.8 Å². The van der Waals surface area contributed by atoms with E-state index in [-0.39, 0.29) is 18.0 Å². The maximum atomic E-state index is 12.1. The highest BCUT2D eigenvalue weighted by atomic mass is 16.5. The lowest BCUT2D eigenvalue weighted by Gasteiger charge is -2.04. The van der Waals surface area contributed by atoms with Gasteiger partial charge in [0.2, 0.25) is 5.56 Å². The van der Waals surface area contributed by atoms with Gasteiger partial charge in [-0.05, 0) is 25.1 Å². The van der Waals surface area contributed by atoms with Gasteiger partial charge in [0.1, 0.15) is 0 Å². The summed E-state index contributed by atoms with van der Waals surface area (Å²) < 4.78 is 6.89. The molecule has 0 bridgehead atoms. The van der Waals surface area contributed by atoms with Crippen LogP contribution in [0.4, 0.5) is 0 Å². The van der Waals surface area contributed by atoms with Gasteiger partial charge in [-0.2, -0.15) is 4.98 Å². The zero-order valence-corrected chi connectivity index (χ0v) is 13.6. The zero-order valence-electron chi connectivity index (χ0n) is 13.6. The Morgan fingerprint density at radius 3 is 2.92 bits per heavy atom. The van der Waals surface area contributed by atoms with Gasteiger partial charge in [-0.1, -0.05) is 5.16 Å². The minimum absolute atomic E-state index is 0.179. The molecule has 4 heterocycles. The predicted molar refractivity (Wildman–Crippen MR) is 89.2 cm³/mol. The average molecular weight is 351 g/mol. The van der Waals surface area contributed by atoms with Gasteiger partial charge in [-0.15, -0.1) is 10.2 Å². The third-order valence-electron chi connectivity index (χ3n) is 3.71. The van der Waals surface area contributed by atoms with Gasteiger partial charge in [0.25, 0.3) is 11.8 Å². The first-order valence-electron chi connectivity index (χ1n) is 7.71. The highest BCUT2D eigenvalue weighted by Gasteiger charge is 2.12. The molecule has 0 saturated heterocycles. The smallest absolute Gasteiger partial charge is 0.258 e. The number of hydrogen-bond donors (Lipinski definition) is 2. The summed E-state index contributed by atoms with van der Waals surface area (Å²) in [5.74, 6) is 1.19. The molecule has 0 fully saturated rings. The first-order chi connectivity index (χ1) is 12.6. The van der Waals surface area contributed by atoms with E-state index in [1.54, 1.807) is 29.7 Å². The maximum Gasteiger partial charge on any atom is 0.258 e. The van der Waals surface area contributed by atoms with E-state index < -0.39 is 0 Å². The number of aromatic amines is 1. The number of pyridine rings is 2. The molecule has 4 aromatic rings. The van der Waals surface area contributed by atoms with Crippen LogP contribution < -0.4 is 10.9 Å². The molecule has 0 aromatic carbocycles. The number of carbonyl (C=O) groups is 1. The number of aryl methyl sites for hydroxylation is 1. The van der Waals surface area contributed by atoms with Crippen LogP contribution in [0.25, 0.3) is 17.1 Å². The largest absolute Gasteiger partial charge is 0.345 e. The molecular formula is C16H13N7O3. The summed E-state index contributed by atoms with van der Waals surface area (Å²) in [6.45, 7) is 1.92. The van der Waals surface area contributed by atoms with Crippen LogP contribution in [0.5, 0.6) is 0 Å². The molecule has 0 spiro atoms. The molecule has 0 aliphatic heterocycles. The normalized spacial score (nSPS) is 11.0. The second kappa shape index (κ2) is 6.24. The van der Waals surface area contributed by atoms with Gasteiger partial charge >= 0.3 is 0 Å². The van der Waals surface area contributed by atoms with E-state index in [9.17, 15) is 9.59 Å². The molecule has 0 unspecified atom stereocenters. The van der Waals surface area contributed by atoms with E-state index in [2.05, 4.69) is 30.6 Å². The second-order valence-corrected chi connectivity index (χ2v) is 5.53. The van der Waals surface area contributed by atoms with Crippen LogP contribution in [-0.2, 0) is 6.54 Å². The fourth-order valence-electron chi connectivity index (χ4n) is 2.42. The maximum absolute atomic E-state index is 12.1. The van der Waals surface area contributed by atoms with Crippen molar-refractivity contribution in [3.05, 3.63) is 64.2 Å². The number of H-pyrrole nitrogens is 1. The summed E-state index contributed by atoms with van der Waals surface area (Å²) in [5, 5.41) is 14.7. The molecule has 10 heteroatoms. The molecule has 26 heavy (non-hydrogen) atoms. The highest BCUT2D eigenvalue weighted by molar-refractivity contribution is 5.93. The zero-order chi connectivity index (χ0) is 18.1. The average Bonchev–Trinajstić information content (AvgIpc) is 3.26. The standard InChI is InChI=1S/C16H13N7O3/c1-9-19-16(26-22-9)10-4-5-23-12(6-10)20-21-13(23)8-18-15(25)11-2-3-14(24)17-7-11/h2-7H,8H2,1H3,(H,17,24)(H,18,25). The second-order valence-electron chi connectivity index (χ2n) is 5.53. The van der Waals surface area contributed by atoms with E-state index in [1.807, 2.05) is 0 Å². The quantitative estimate of drug-likeness (QED) is 0.553. The van der Waals surface area contributed by atoms with Gasteiger partial charge in [0.05, 0.1) is 12.1 Å². The Morgan fingerprint density at radius 2 is 2.19 bits per heavy atom. The lowest BCUT2D eigenvalue weighted by Crippen LogP contribution is -2.24. The molecule has 0 aliphatic rings. The minimum Gasteiger partial charge on any atom is -0.345 e. The van der Waals surface area contributed by atoms with E-state index in [4.69, 9.17) is 4.52 Å². The fourth-order valence-corrected chi connectivity index (χ4v) is 2.42. The van der Waals surface area contributed by atoms with Crippen LogP contribution in [0, 0.1) is 6.92 Å². The Hall–Kier alpha value is -3.82. The molecular weight excluding hydrogens is 338 g/mol. The molecule has 1 amide bonds. The summed E-state index contributed by atoms with van der Waals surface area (Å²) in [6, 6.07) is 6.32. The lowest BCUT2D eigenvalue weighted by molar-refractivity contribution is 0.0949. The molecule has 2 N–H and O–H groups in total. The van der Waals surface area contributed by atoms with Crippen molar-refractivity contribution in [1.29, 1.82) is 0 Å². The summed E-state index contributed by atoms with van der Waals surface area (Å²) >= 11 is 0. The van der Waals surface area contributed by atoms with E-state index >= 15 is 0 Å². The molecule has 0 radical (unpaired) electrons. The summed E-state index contributed by atoms with van der Waals surface area (Å²) in [4.78, 5) is 29.8. The number of hydrogen-bond acceptors (Lipinski definition) is 7. The Bertz CT molecular complexity index is 1140. The fraction of sp³-hybridized carbons (Fsp3) is 0.125. The molecule has 130 valence electrons. The van der Waals surface area contributed by atoms with Gasteiger partial charge in [-0.25, -0.2) is 0 Å². The van der Waals surface area contributed by atoms with Crippen molar-refractivity contribution < 1.29 is 9.32 Å². The van der Waals surface area contributed by atoms with Gasteiger partial charge in [0, 0.05) is 24.0 Å². The highest BCUT2D eigenvalue weighted by Crippen LogP contribution is 2.18. The van der Waals surface area contributed by atoms with Gasteiger partial charge in [-0.3, -0.25) is 14.0 Å². The number of nitrogens with one attached hydrogen (secondary N) is 2. The van der Waals surface area contributed by atoms with Crippen molar-refractivity contribution in [1.82, 2.24) is 35.0 Å². The third kappa shape index (κ3) is 2.95. The van der Waals surface area contributed by atoms with Crippen LogP contribution in [0.2, 0.25) is 0 Å². The Kier molecular flexibility index (Phi) is 3.77. The summed E-state index contributed by atoms with van der Waals surface area (Å²) in [5.41, 5.74) is 1.41. The Balaban J connectivity index is 1.53. The van der Waals surface area contributed by atoms with Crippen molar-refractivity contribution in [2.24, 2.45) is 0 Å². The lowest BCUT2D eigenvalue weighted by atomic mass is 10.2. The third-order valence-corrected chi connectivity index (χ3v) is 3.71.